The molecule has 5 nitrogen and oxygen atoms in total. The van der Waals surface area contributed by atoms with E-state index in [0.717, 1.165) is 25.9 Å². The molecule has 3 unspecified atom stereocenters. The Labute approximate surface area is 149 Å². The summed E-state index contributed by atoms with van der Waals surface area (Å²) in [5, 5.41) is 9.26. The number of anilines is 1. The first-order valence-electron chi connectivity index (χ1n) is 8.53. The van der Waals surface area contributed by atoms with Gasteiger partial charge in [-0.2, -0.15) is 0 Å². The van der Waals surface area contributed by atoms with E-state index in [1.165, 1.54) is 6.42 Å². The molecule has 1 aromatic carbocycles. The van der Waals surface area contributed by atoms with Crippen LogP contribution in [0.25, 0.3) is 0 Å². The summed E-state index contributed by atoms with van der Waals surface area (Å²) in [4.78, 5) is 24.3. The smallest absolute Gasteiger partial charge is 0.251 e. The summed E-state index contributed by atoms with van der Waals surface area (Å²) in [6, 6.07) is 7.17. The highest BCUT2D eigenvalue weighted by Crippen LogP contribution is 2.38. The van der Waals surface area contributed by atoms with Crippen LogP contribution in [0.4, 0.5) is 5.69 Å². The third-order valence-electron chi connectivity index (χ3n) is 4.79. The number of hydrogen-bond acceptors (Lipinski definition) is 3. The minimum absolute atomic E-state index is 0. The van der Waals surface area contributed by atoms with Gasteiger partial charge in [-0.15, -0.1) is 12.4 Å². The van der Waals surface area contributed by atoms with Crippen molar-refractivity contribution in [2.75, 3.05) is 25.0 Å². The molecule has 3 N–H and O–H groups in total. The number of piperidine rings is 1. The Morgan fingerprint density at radius 3 is 2.79 bits per heavy atom. The van der Waals surface area contributed by atoms with Gasteiger partial charge in [-0.25, -0.2) is 0 Å². The number of halogens is 1. The van der Waals surface area contributed by atoms with Gasteiger partial charge in [0, 0.05) is 23.7 Å². The zero-order chi connectivity index (χ0) is 16.2. The number of carbonyl (C=O) groups excluding carboxylic acids is 2. The van der Waals surface area contributed by atoms with Crippen LogP contribution in [0.3, 0.4) is 0 Å². The maximum atomic E-state index is 12.3. The van der Waals surface area contributed by atoms with Crippen LogP contribution in [0, 0.1) is 17.8 Å². The van der Waals surface area contributed by atoms with Crippen LogP contribution in [0.5, 0.6) is 0 Å². The maximum absolute atomic E-state index is 12.3. The Bertz CT molecular complexity index is 587. The van der Waals surface area contributed by atoms with Crippen molar-refractivity contribution in [1.82, 2.24) is 10.6 Å². The van der Waals surface area contributed by atoms with Crippen molar-refractivity contribution in [2.24, 2.45) is 17.8 Å². The first-order valence-corrected chi connectivity index (χ1v) is 8.53. The second-order valence-corrected chi connectivity index (χ2v) is 6.81. The SMILES string of the molecule is CC1CC1C(=O)Nc1cccc(C(=O)NCC2CCCNC2)c1.Cl. The van der Waals surface area contributed by atoms with Gasteiger partial charge in [0.2, 0.25) is 5.91 Å². The Balaban J connectivity index is 0.00000208. The van der Waals surface area contributed by atoms with Gasteiger partial charge < -0.3 is 16.0 Å². The van der Waals surface area contributed by atoms with E-state index in [-0.39, 0.29) is 30.1 Å². The molecule has 0 bridgehead atoms. The van der Waals surface area contributed by atoms with Crippen LogP contribution in [0.15, 0.2) is 24.3 Å². The monoisotopic (exact) mass is 351 g/mol. The molecule has 3 rings (SSSR count). The fourth-order valence-electron chi connectivity index (χ4n) is 3.10. The van der Waals surface area contributed by atoms with E-state index < -0.39 is 0 Å². The van der Waals surface area contributed by atoms with E-state index >= 15 is 0 Å². The molecule has 1 aliphatic carbocycles. The van der Waals surface area contributed by atoms with Gasteiger partial charge in [-0.05, 0) is 62.4 Å². The Morgan fingerprint density at radius 2 is 2.12 bits per heavy atom. The standard InChI is InChI=1S/C18H25N3O2.ClH/c1-12-8-16(12)18(23)21-15-6-2-5-14(9-15)17(22)20-11-13-4-3-7-19-10-13;/h2,5-6,9,12-13,16,19H,3-4,7-8,10-11H2,1H3,(H,20,22)(H,21,23);1H. The number of benzene rings is 1. The van der Waals surface area contributed by atoms with Crippen molar-refractivity contribution in [3.8, 4) is 0 Å². The van der Waals surface area contributed by atoms with Gasteiger partial charge in [-0.3, -0.25) is 9.59 Å². The fourth-order valence-corrected chi connectivity index (χ4v) is 3.10. The van der Waals surface area contributed by atoms with E-state index in [4.69, 9.17) is 0 Å². The zero-order valence-electron chi connectivity index (χ0n) is 14.0. The molecule has 24 heavy (non-hydrogen) atoms. The number of hydrogen-bond donors (Lipinski definition) is 3. The van der Waals surface area contributed by atoms with Crippen LogP contribution >= 0.6 is 12.4 Å². The fraction of sp³-hybridized carbons (Fsp3) is 0.556. The highest BCUT2D eigenvalue weighted by molar-refractivity contribution is 5.98. The van der Waals surface area contributed by atoms with E-state index in [1.807, 2.05) is 12.1 Å². The van der Waals surface area contributed by atoms with Gasteiger partial charge in [0.1, 0.15) is 0 Å². The van der Waals surface area contributed by atoms with Gasteiger partial charge in [-0.1, -0.05) is 13.0 Å². The summed E-state index contributed by atoms with van der Waals surface area (Å²) < 4.78 is 0. The Hall–Kier alpha value is -1.59. The number of carbonyl (C=O) groups is 2. The highest BCUT2D eigenvalue weighted by Gasteiger charge is 2.39. The number of amides is 2. The van der Waals surface area contributed by atoms with Crippen LogP contribution in [0.2, 0.25) is 0 Å². The third kappa shape index (κ3) is 4.95. The van der Waals surface area contributed by atoms with E-state index in [9.17, 15) is 9.59 Å². The third-order valence-corrected chi connectivity index (χ3v) is 4.79. The summed E-state index contributed by atoms with van der Waals surface area (Å²) in [5.41, 5.74) is 1.29. The number of rotatable bonds is 5. The van der Waals surface area contributed by atoms with Gasteiger partial charge in [0.25, 0.3) is 5.91 Å². The minimum Gasteiger partial charge on any atom is -0.352 e. The summed E-state index contributed by atoms with van der Waals surface area (Å²) in [5.74, 6) is 1.10. The van der Waals surface area contributed by atoms with E-state index in [0.29, 0.717) is 29.6 Å². The molecule has 1 saturated heterocycles. The zero-order valence-corrected chi connectivity index (χ0v) is 14.8. The average molecular weight is 352 g/mol. The van der Waals surface area contributed by atoms with Crippen LogP contribution < -0.4 is 16.0 Å². The van der Waals surface area contributed by atoms with Crippen LogP contribution in [-0.2, 0) is 4.79 Å². The normalized spacial score (nSPS) is 25.3. The second-order valence-electron chi connectivity index (χ2n) is 6.81. The predicted octanol–water partition coefficient (Wildman–Crippen LogP) is 2.43. The molecule has 3 atom stereocenters. The molecule has 1 heterocycles. The molecule has 2 aliphatic rings. The molecular formula is C18H26ClN3O2. The van der Waals surface area contributed by atoms with Crippen molar-refractivity contribution in [2.45, 2.75) is 26.2 Å². The molecule has 0 spiro atoms. The first kappa shape index (κ1) is 18.7. The van der Waals surface area contributed by atoms with Crippen molar-refractivity contribution in [3.63, 3.8) is 0 Å². The maximum Gasteiger partial charge on any atom is 0.251 e. The lowest BCUT2D eigenvalue weighted by Gasteiger charge is -2.22. The van der Waals surface area contributed by atoms with Crippen molar-refractivity contribution >= 4 is 29.9 Å². The van der Waals surface area contributed by atoms with Crippen LogP contribution in [0.1, 0.15) is 36.5 Å². The van der Waals surface area contributed by atoms with Gasteiger partial charge in [0.05, 0.1) is 0 Å². The lowest BCUT2D eigenvalue weighted by molar-refractivity contribution is -0.117. The molecule has 2 fully saturated rings. The lowest BCUT2D eigenvalue weighted by atomic mass is 9.99. The minimum atomic E-state index is -0.0773. The van der Waals surface area contributed by atoms with Crippen molar-refractivity contribution < 1.29 is 9.59 Å². The molecule has 2 amide bonds. The quantitative estimate of drug-likeness (QED) is 0.763. The molecule has 1 saturated carbocycles. The van der Waals surface area contributed by atoms with Crippen molar-refractivity contribution in [3.05, 3.63) is 29.8 Å². The summed E-state index contributed by atoms with van der Waals surface area (Å²) in [6.45, 7) is 4.82. The first-order chi connectivity index (χ1) is 11.1. The van der Waals surface area contributed by atoms with E-state index in [1.54, 1.807) is 12.1 Å². The Morgan fingerprint density at radius 1 is 1.33 bits per heavy atom. The largest absolute Gasteiger partial charge is 0.352 e. The summed E-state index contributed by atoms with van der Waals surface area (Å²) in [7, 11) is 0. The molecule has 0 radical (unpaired) electrons. The Kier molecular flexibility index (Phi) is 6.63. The van der Waals surface area contributed by atoms with Crippen LogP contribution in [-0.4, -0.2) is 31.4 Å². The summed E-state index contributed by atoms with van der Waals surface area (Å²) >= 11 is 0. The predicted molar refractivity (Wildman–Crippen MR) is 97.5 cm³/mol. The topological polar surface area (TPSA) is 70.2 Å². The highest BCUT2D eigenvalue weighted by atomic mass is 35.5. The molecule has 1 aromatic rings. The molecule has 6 heteroatoms. The van der Waals surface area contributed by atoms with Gasteiger partial charge >= 0.3 is 0 Å². The molecule has 1 aliphatic heterocycles. The molecular weight excluding hydrogens is 326 g/mol. The molecule has 132 valence electrons. The van der Waals surface area contributed by atoms with E-state index in [2.05, 4.69) is 22.9 Å². The average Bonchev–Trinajstić information content (AvgIpc) is 3.31. The van der Waals surface area contributed by atoms with Crippen molar-refractivity contribution in [1.29, 1.82) is 0 Å². The van der Waals surface area contributed by atoms with Gasteiger partial charge in [0.15, 0.2) is 0 Å². The summed E-state index contributed by atoms with van der Waals surface area (Å²) in [6.07, 6.45) is 3.28. The number of nitrogens with one attached hydrogen (secondary N) is 3. The molecule has 0 aromatic heterocycles. The second kappa shape index (κ2) is 8.49. The lowest BCUT2D eigenvalue weighted by Crippen LogP contribution is -2.38.